The van der Waals surface area contributed by atoms with Crippen molar-refractivity contribution in [2.24, 2.45) is 7.05 Å². The number of ether oxygens (including phenoxy) is 1. The van der Waals surface area contributed by atoms with E-state index in [0.717, 1.165) is 11.1 Å². The number of para-hydroxylation sites is 3. The highest BCUT2D eigenvalue weighted by molar-refractivity contribution is 5.99. The van der Waals surface area contributed by atoms with Gasteiger partial charge in [-0.25, -0.2) is 9.78 Å². The van der Waals surface area contributed by atoms with E-state index in [-0.39, 0.29) is 29.4 Å². The number of aromatic nitrogens is 3. The highest BCUT2D eigenvalue weighted by Gasteiger charge is 2.28. The van der Waals surface area contributed by atoms with Gasteiger partial charge < -0.3 is 26.0 Å². The Labute approximate surface area is 214 Å². The molecule has 0 spiro atoms. The standard InChI is InChI=1S/C27H27N7O3/c1-33-16-19(15-30-33)18-13-22(25(28)29-14-18)26(35)31-20-11-12-34(17-20)27(36)32-23-9-5-6-10-24(23)37-21-7-3-2-4-8-21/h2-10,13-16,20H,11-12,17H2,1H3,(H2,28,29)(H,31,35)(H,32,36)/t20-/m1/s1. The summed E-state index contributed by atoms with van der Waals surface area (Å²) >= 11 is 0. The molecule has 4 N–H and O–H groups in total. The first-order chi connectivity index (χ1) is 18.0. The van der Waals surface area contributed by atoms with Gasteiger partial charge in [0.25, 0.3) is 5.91 Å². The van der Waals surface area contributed by atoms with E-state index in [4.69, 9.17) is 10.5 Å². The molecule has 10 nitrogen and oxygen atoms in total. The third-order valence-electron chi connectivity index (χ3n) is 6.11. The van der Waals surface area contributed by atoms with Gasteiger partial charge in [0.05, 0.1) is 17.4 Å². The summed E-state index contributed by atoms with van der Waals surface area (Å²) in [7, 11) is 1.82. The maximum absolute atomic E-state index is 13.0. The zero-order chi connectivity index (χ0) is 25.8. The van der Waals surface area contributed by atoms with Crippen LogP contribution in [-0.4, -0.2) is 50.7 Å². The van der Waals surface area contributed by atoms with Crippen LogP contribution in [0.3, 0.4) is 0 Å². The average Bonchev–Trinajstić information content (AvgIpc) is 3.55. The van der Waals surface area contributed by atoms with Crippen molar-refractivity contribution in [2.75, 3.05) is 24.1 Å². The van der Waals surface area contributed by atoms with E-state index in [2.05, 4.69) is 20.7 Å². The normalized spacial score (nSPS) is 14.8. The van der Waals surface area contributed by atoms with Crippen LogP contribution in [-0.2, 0) is 7.05 Å². The Morgan fingerprint density at radius 2 is 1.84 bits per heavy atom. The van der Waals surface area contributed by atoms with E-state index < -0.39 is 0 Å². The minimum absolute atomic E-state index is 0.146. The lowest BCUT2D eigenvalue weighted by Crippen LogP contribution is -2.40. The molecule has 0 saturated carbocycles. The highest BCUT2D eigenvalue weighted by Crippen LogP contribution is 2.29. The van der Waals surface area contributed by atoms with Crippen LogP contribution in [0.25, 0.3) is 11.1 Å². The predicted octanol–water partition coefficient (Wildman–Crippen LogP) is 3.89. The van der Waals surface area contributed by atoms with Gasteiger partial charge in [-0.15, -0.1) is 0 Å². The summed E-state index contributed by atoms with van der Waals surface area (Å²) in [5.41, 5.74) is 8.44. The van der Waals surface area contributed by atoms with Gasteiger partial charge >= 0.3 is 6.03 Å². The third-order valence-corrected chi connectivity index (χ3v) is 6.11. The summed E-state index contributed by atoms with van der Waals surface area (Å²) in [5, 5.41) is 10.1. The summed E-state index contributed by atoms with van der Waals surface area (Å²) in [6, 6.07) is 17.9. The van der Waals surface area contributed by atoms with Crippen LogP contribution < -0.4 is 21.1 Å². The molecule has 1 aliphatic heterocycles. The number of carbonyl (C=O) groups is 2. The zero-order valence-electron chi connectivity index (χ0n) is 20.3. The van der Waals surface area contributed by atoms with Gasteiger partial charge in [0.15, 0.2) is 5.75 Å². The number of benzene rings is 2. The fraction of sp³-hybridized carbons (Fsp3) is 0.185. The molecule has 0 bridgehead atoms. The zero-order valence-corrected chi connectivity index (χ0v) is 20.3. The SMILES string of the molecule is Cn1cc(-c2cnc(N)c(C(=O)N[C@@H]3CCN(C(=O)Nc4ccccc4Oc4ccccc4)C3)c2)cn1. The van der Waals surface area contributed by atoms with Crippen molar-refractivity contribution < 1.29 is 14.3 Å². The number of nitrogens with zero attached hydrogens (tertiary/aromatic N) is 4. The molecule has 1 fully saturated rings. The van der Waals surface area contributed by atoms with Crippen LogP contribution in [0, 0.1) is 0 Å². The number of aryl methyl sites for hydroxylation is 1. The number of rotatable bonds is 6. The van der Waals surface area contributed by atoms with Gasteiger partial charge in [-0.1, -0.05) is 30.3 Å². The van der Waals surface area contributed by atoms with E-state index >= 15 is 0 Å². The summed E-state index contributed by atoms with van der Waals surface area (Å²) in [6.07, 6.45) is 5.78. The Balaban J connectivity index is 1.21. The molecule has 2 aromatic heterocycles. The second-order valence-corrected chi connectivity index (χ2v) is 8.81. The van der Waals surface area contributed by atoms with Gasteiger partial charge in [0.1, 0.15) is 11.6 Å². The molecular weight excluding hydrogens is 470 g/mol. The Morgan fingerprint density at radius 1 is 1.05 bits per heavy atom. The Kier molecular flexibility index (Phi) is 6.71. The Morgan fingerprint density at radius 3 is 2.62 bits per heavy atom. The molecule has 0 radical (unpaired) electrons. The number of urea groups is 1. The number of nitrogen functional groups attached to an aromatic ring is 1. The molecule has 188 valence electrons. The van der Waals surface area contributed by atoms with Crippen molar-refractivity contribution in [1.29, 1.82) is 0 Å². The highest BCUT2D eigenvalue weighted by atomic mass is 16.5. The molecule has 0 unspecified atom stereocenters. The summed E-state index contributed by atoms with van der Waals surface area (Å²) < 4.78 is 7.61. The van der Waals surface area contributed by atoms with Crippen LogP contribution in [0.1, 0.15) is 16.8 Å². The molecule has 37 heavy (non-hydrogen) atoms. The van der Waals surface area contributed by atoms with Crippen molar-refractivity contribution >= 4 is 23.4 Å². The first-order valence-electron chi connectivity index (χ1n) is 11.9. The fourth-order valence-electron chi connectivity index (χ4n) is 4.18. The van der Waals surface area contributed by atoms with E-state index in [9.17, 15) is 9.59 Å². The number of hydrogen-bond donors (Lipinski definition) is 3. The van der Waals surface area contributed by atoms with Gasteiger partial charge in [-0.05, 0) is 36.8 Å². The maximum atomic E-state index is 13.0. The average molecular weight is 498 g/mol. The lowest BCUT2D eigenvalue weighted by molar-refractivity contribution is 0.0938. The number of nitrogens with one attached hydrogen (secondary N) is 2. The molecule has 10 heteroatoms. The molecule has 2 aromatic carbocycles. The largest absolute Gasteiger partial charge is 0.455 e. The fourth-order valence-corrected chi connectivity index (χ4v) is 4.18. The minimum atomic E-state index is -0.329. The van der Waals surface area contributed by atoms with Crippen molar-refractivity contribution in [3.8, 4) is 22.6 Å². The van der Waals surface area contributed by atoms with Crippen LogP contribution in [0.15, 0.2) is 79.3 Å². The minimum Gasteiger partial charge on any atom is -0.455 e. The molecule has 1 aliphatic rings. The van der Waals surface area contributed by atoms with Gasteiger partial charge in [0, 0.05) is 49.7 Å². The second kappa shape index (κ2) is 10.4. The number of likely N-dealkylation sites (tertiary alicyclic amines) is 1. The quantitative estimate of drug-likeness (QED) is 0.371. The van der Waals surface area contributed by atoms with Crippen LogP contribution in [0.2, 0.25) is 0 Å². The number of amides is 3. The Hall–Kier alpha value is -4.86. The van der Waals surface area contributed by atoms with Crippen molar-refractivity contribution in [3.63, 3.8) is 0 Å². The topological polar surface area (TPSA) is 127 Å². The first kappa shape index (κ1) is 23.9. The lowest BCUT2D eigenvalue weighted by Gasteiger charge is -2.19. The number of nitrogens with two attached hydrogens (primary N) is 1. The van der Waals surface area contributed by atoms with Gasteiger partial charge in [-0.3, -0.25) is 9.48 Å². The number of pyridine rings is 1. The smallest absolute Gasteiger partial charge is 0.322 e. The summed E-state index contributed by atoms with van der Waals surface area (Å²) in [6.45, 7) is 0.872. The number of carbonyl (C=O) groups excluding carboxylic acids is 2. The van der Waals surface area contributed by atoms with E-state index in [0.29, 0.717) is 36.7 Å². The van der Waals surface area contributed by atoms with Crippen molar-refractivity contribution in [2.45, 2.75) is 12.5 Å². The first-order valence-corrected chi connectivity index (χ1v) is 11.9. The van der Waals surface area contributed by atoms with Crippen molar-refractivity contribution in [1.82, 2.24) is 25.0 Å². The molecule has 1 atom stereocenters. The lowest BCUT2D eigenvalue weighted by atomic mass is 10.1. The molecule has 4 aromatic rings. The molecule has 0 aliphatic carbocycles. The summed E-state index contributed by atoms with van der Waals surface area (Å²) in [4.78, 5) is 31.8. The van der Waals surface area contributed by atoms with E-state index in [1.54, 1.807) is 40.2 Å². The van der Waals surface area contributed by atoms with Crippen LogP contribution in [0.4, 0.5) is 16.3 Å². The number of anilines is 2. The Bertz CT molecular complexity index is 1420. The molecule has 3 amide bonds. The second-order valence-electron chi connectivity index (χ2n) is 8.81. The number of hydrogen-bond acceptors (Lipinski definition) is 6. The molecule has 1 saturated heterocycles. The molecule has 5 rings (SSSR count). The van der Waals surface area contributed by atoms with Crippen LogP contribution in [0.5, 0.6) is 11.5 Å². The predicted molar refractivity (Wildman–Crippen MR) is 140 cm³/mol. The molecule has 3 heterocycles. The summed E-state index contributed by atoms with van der Waals surface area (Å²) in [5.74, 6) is 1.04. The van der Waals surface area contributed by atoms with Gasteiger partial charge in [-0.2, -0.15) is 5.10 Å². The van der Waals surface area contributed by atoms with Crippen LogP contribution >= 0.6 is 0 Å². The van der Waals surface area contributed by atoms with Crippen molar-refractivity contribution in [3.05, 3.63) is 84.8 Å². The van der Waals surface area contributed by atoms with E-state index in [1.165, 1.54) is 0 Å². The molecular formula is C27H27N7O3. The van der Waals surface area contributed by atoms with Gasteiger partial charge in [0.2, 0.25) is 0 Å². The monoisotopic (exact) mass is 497 g/mol. The maximum Gasteiger partial charge on any atom is 0.322 e. The van der Waals surface area contributed by atoms with E-state index in [1.807, 2.05) is 55.7 Å². The third kappa shape index (κ3) is 5.53.